The quantitative estimate of drug-likeness (QED) is 0.587. The van der Waals surface area contributed by atoms with Crippen LogP contribution >= 0.6 is 15.9 Å². The number of nitrogens with one attached hydrogen (secondary N) is 1. The summed E-state index contributed by atoms with van der Waals surface area (Å²) < 4.78 is 0.386. The van der Waals surface area contributed by atoms with Gasteiger partial charge in [0.25, 0.3) is 5.69 Å². The second-order valence-electron chi connectivity index (χ2n) is 4.69. The molecule has 1 rings (SSSR count). The number of amides is 1. The van der Waals surface area contributed by atoms with E-state index in [1.165, 1.54) is 6.07 Å². The van der Waals surface area contributed by atoms with Crippen LogP contribution in [0.1, 0.15) is 26.2 Å². The largest absolute Gasteiger partial charge is 0.330 e. The molecule has 1 aromatic rings. The van der Waals surface area contributed by atoms with Crippen LogP contribution in [0.4, 0.5) is 11.4 Å². The predicted octanol–water partition coefficient (Wildman–Crippen LogP) is 3.06. The zero-order valence-electron chi connectivity index (χ0n) is 11.3. The number of hydrogen-bond acceptors (Lipinski definition) is 4. The Bertz CT molecular complexity index is 494. The second-order valence-corrected chi connectivity index (χ2v) is 5.55. The number of halogens is 1. The van der Waals surface area contributed by atoms with Gasteiger partial charge in [0, 0.05) is 18.2 Å². The summed E-state index contributed by atoms with van der Waals surface area (Å²) in [6.07, 6.45) is 2.02. The van der Waals surface area contributed by atoms with Crippen molar-refractivity contribution in [2.45, 2.75) is 26.2 Å². The molecule has 0 fully saturated rings. The Morgan fingerprint density at radius 1 is 1.50 bits per heavy atom. The summed E-state index contributed by atoms with van der Waals surface area (Å²) in [6, 6.07) is 4.51. The molecule has 0 aliphatic rings. The van der Waals surface area contributed by atoms with Crippen molar-refractivity contribution in [3.8, 4) is 0 Å². The molecule has 0 bridgehead atoms. The first-order valence-corrected chi connectivity index (χ1v) is 7.17. The van der Waals surface area contributed by atoms with Gasteiger partial charge in [-0.05, 0) is 53.4 Å². The third kappa shape index (κ3) is 5.26. The lowest BCUT2D eigenvalue weighted by molar-refractivity contribution is -0.385. The van der Waals surface area contributed by atoms with E-state index in [2.05, 4.69) is 21.2 Å². The lowest BCUT2D eigenvalue weighted by Gasteiger charge is -2.10. The van der Waals surface area contributed by atoms with Crippen molar-refractivity contribution in [3.63, 3.8) is 0 Å². The Morgan fingerprint density at radius 2 is 2.20 bits per heavy atom. The Balaban J connectivity index is 2.58. The number of hydrogen-bond donors (Lipinski definition) is 2. The summed E-state index contributed by atoms with van der Waals surface area (Å²) >= 11 is 3.10. The smallest absolute Gasteiger partial charge is 0.285 e. The molecule has 1 aromatic carbocycles. The third-order valence-corrected chi connectivity index (χ3v) is 3.62. The lowest BCUT2D eigenvalue weighted by atomic mass is 10.0. The number of benzene rings is 1. The number of nitrogens with zero attached hydrogens (tertiary/aromatic N) is 1. The minimum atomic E-state index is -0.497. The van der Waals surface area contributed by atoms with Crippen molar-refractivity contribution in [2.24, 2.45) is 11.7 Å². The van der Waals surface area contributed by atoms with Gasteiger partial charge in [0.1, 0.15) is 0 Å². The molecule has 7 heteroatoms. The first kappa shape index (κ1) is 16.6. The Morgan fingerprint density at radius 3 is 2.80 bits per heavy atom. The molecule has 0 aromatic heterocycles. The van der Waals surface area contributed by atoms with E-state index in [9.17, 15) is 14.9 Å². The normalized spacial score (nSPS) is 11.9. The topological polar surface area (TPSA) is 98.3 Å². The van der Waals surface area contributed by atoms with Crippen LogP contribution < -0.4 is 11.1 Å². The summed E-state index contributed by atoms with van der Waals surface area (Å²) in [5.74, 6) is 0.246. The van der Waals surface area contributed by atoms with E-state index in [4.69, 9.17) is 5.73 Å². The molecule has 1 unspecified atom stereocenters. The molecule has 0 heterocycles. The van der Waals surface area contributed by atoms with Gasteiger partial charge < -0.3 is 11.1 Å². The van der Waals surface area contributed by atoms with Crippen molar-refractivity contribution in [1.82, 2.24) is 0 Å². The van der Waals surface area contributed by atoms with Crippen LogP contribution in [-0.2, 0) is 4.79 Å². The van der Waals surface area contributed by atoms with Gasteiger partial charge in [-0.1, -0.05) is 6.92 Å². The number of nitro groups is 1. The van der Waals surface area contributed by atoms with Crippen LogP contribution in [0.25, 0.3) is 0 Å². The van der Waals surface area contributed by atoms with Gasteiger partial charge in [0.05, 0.1) is 9.40 Å². The molecule has 110 valence electrons. The highest BCUT2D eigenvalue weighted by Gasteiger charge is 2.13. The van der Waals surface area contributed by atoms with Gasteiger partial charge in [0.2, 0.25) is 5.91 Å². The average molecular weight is 344 g/mol. The fourth-order valence-electron chi connectivity index (χ4n) is 1.76. The minimum absolute atomic E-state index is 0.0701. The van der Waals surface area contributed by atoms with Gasteiger partial charge >= 0.3 is 0 Å². The fraction of sp³-hybridized carbons (Fsp3) is 0.462. The Labute approximate surface area is 126 Å². The zero-order valence-corrected chi connectivity index (χ0v) is 12.9. The molecule has 0 aliphatic carbocycles. The second kappa shape index (κ2) is 7.96. The summed E-state index contributed by atoms with van der Waals surface area (Å²) in [6.45, 7) is 2.66. The van der Waals surface area contributed by atoms with Gasteiger partial charge in [0.15, 0.2) is 0 Å². The summed E-state index contributed by atoms with van der Waals surface area (Å²) in [4.78, 5) is 22.1. The number of nitro benzene ring substituents is 1. The average Bonchev–Trinajstić information content (AvgIpc) is 2.39. The van der Waals surface area contributed by atoms with Gasteiger partial charge in [-0.3, -0.25) is 14.9 Å². The molecule has 0 aliphatic heterocycles. The highest BCUT2D eigenvalue weighted by molar-refractivity contribution is 9.10. The maximum Gasteiger partial charge on any atom is 0.285 e. The van der Waals surface area contributed by atoms with E-state index < -0.39 is 4.92 Å². The Hall–Kier alpha value is -1.47. The summed E-state index contributed by atoms with van der Waals surface area (Å²) in [5.41, 5.74) is 5.81. The molecular formula is C13H18BrN3O3. The number of nitrogens with two attached hydrogens (primary N) is 1. The van der Waals surface area contributed by atoms with E-state index in [1.54, 1.807) is 12.1 Å². The monoisotopic (exact) mass is 343 g/mol. The number of carbonyl (C=O) groups excluding carboxylic acids is 1. The van der Waals surface area contributed by atoms with E-state index in [0.717, 1.165) is 12.8 Å². The van der Waals surface area contributed by atoms with Crippen LogP contribution in [0.2, 0.25) is 0 Å². The maximum atomic E-state index is 11.8. The van der Waals surface area contributed by atoms with Gasteiger partial charge in [-0.25, -0.2) is 0 Å². The van der Waals surface area contributed by atoms with E-state index in [1.807, 2.05) is 6.92 Å². The minimum Gasteiger partial charge on any atom is -0.330 e. The molecule has 0 spiro atoms. The first-order chi connectivity index (χ1) is 9.43. The molecule has 6 nitrogen and oxygen atoms in total. The maximum absolute atomic E-state index is 11.8. The molecule has 0 radical (unpaired) electrons. The SMILES string of the molecule is CC(CCN)CCC(=O)Nc1ccc(Br)c([N+](=O)[O-])c1. The van der Waals surface area contributed by atoms with Crippen molar-refractivity contribution < 1.29 is 9.72 Å². The highest BCUT2D eigenvalue weighted by Crippen LogP contribution is 2.27. The molecule has 20 heavy (non-hydrogen) atoms. The highest BCUT2D eigenvalue weighted by atomic mass is 79.9. The molecule has 0 saturated carbocycles. The van der Waals surface area contributed by atoms with Crippen molar-refractivity contribution >= 4 is 33.2 Å². The van der Waals surface area contributed by atoms with Crippen LogP contribution in [0.15, 0.2) is 22.7 Å². The summed E-state index contributed by atoms with van der Waals surface area (Å²) in [5, 5.41) is 13.5. The molecule has 0 saturated heterocycles. The van der Waals surface area contributed by atoms with E-state index >= 15 is 0 Å². The van der Waals surface area contributed by atoms with Gasteiger partial charge in [-0.2, -0.15) is 0 Å². The van der Waals surface area contributed by atoms with Crippen molar-refractivity contribution in [1.29, 1.82) is 0 Å². The standard InChI is InChI=1S/C13H18BrN3O3/c1-9(6-7-15)2-5-13(18)16-10-3-4-11(14)12(8-10)17(19)20/h3-4,8-9H,2,5-7,15H2,1H3,(H,16,18). The van der Waals surface area contributed by atoms with Crippen LogP contribution in [0.3, 0.4) is 0 Å². The predicted molar refractivity (Wildman–Crippen MR) is 81.5 cm³/mol. The van der Waals surface area contributed by atoms with Crippen LogP contribution in [0.5, 0.6) is 0 Å². The molecule has 1 amide bonds. The first-order valence-electron chi connectivity index (χ1n) is 6.38. The Kier molecular flexibility index (Phi) is 6.60. The van der Waals surface area contributed by atoms with E-state index in [0.29, 0.717) is 29.0 Å². The fourth-order valence-corrected chi connectivity index (χ4v) is 2.15. The third-order valence-electron chi connectivity index (χ3n) is 2.95. The number of carbonyl (C=O) groups is 1. The van der Waals surface area contributed by atoms with Gasteiger partial charge in [-0.15, -0.1) is 0 Å². The van der Waals surface area contributed by atoms with Crippen LogP contribution in [0, 0.1) is 16.0 Å². The lowest BCUT2D eigenvalue weighted by Crippen LogP contribution is -2.14. The van der Waals surface area contributed by atoms with Crippen molar-refractivity contribution in [2.75, 3.05) is 11.9 Å². The molecular weight excluding hydrogens is 326 g/mol. The number of rotatable bonds is 7. The zero-order chi connectivity index (χ0) is 15.1. The number of anilines is 1. The van der Waals surface area contributed by atoms with Crippen LogP contribution in [-0.4, -0.2) is 17.4 Å². The summed E-state index contributed by atoms with van der Waals surface area (Å²) in [7, 11) is 0. The molecule has 1 atom stereocenters. The van der Waals surface area contributed by atoms with E-state index in [-0.39, 0.29) is 11.6 Å². The van der Waals surface area contributed by atoms with Crippen molar-refractivity contribution in [3.05, 3.63) is 32.8 Å². The molecule has 3 N–H and O–H groups in total.